The molecule has 0 heterocycles. The Bertz CT molecular complexity index is 122. The Morgan fingerprint density at radius 3 is 0.889 bits per heavy atom. The van der Waals surface area contributed by atoms with E-state index >= 15 is 0 Å². The molecule has 0 bridgehead atoms. The van der Waals surface area contributed by atoms with Crippen molar-refractivity contribution in [2.24, 2.45) is 0 Å². The fourth-order valence-electron chi connectivity index (χ4n) is 2.64. The summed E-state index contributed by atoms with van der Waals surface area (Å²) in [5.41, 5.74) is 0. The van der Waals surface area contributed by atoms with Crippen LogP contribution in [0.25, 0.3) is 0 Å². The molecule has 112 valence electrons. The minimum absolute atomic E-state index is 0. The minimum atomic E-state index is 0. The predicted molar refractivity (Wildman–Crippen MR) is 79.4 cm³/mol. The number of unbranched alkanes of at least 4 members (excludes halogenated alkanes) is 4. The van der Waals surface area contributed by atoms with Crippen LogP contribution in [0.5, 0.6) is 0 Å². The monoisotopic (exact) mass is 348 g/mol. The third-order valence-electron chi connectivity index (χ3n) is 3.94. The topological polar surface area (TPSA) is 0 Å². The predicted octanol–water partition coefficient (Wildman–Crippen LogP) is 5.00. The Hall–Kier alpha value is 0.622. The van der Waals surface area contributed by atoms with Crippen molar-refractivity contribution in [3.05, 3.63) is 0 Å². The standard InChI is InChI=1S/C16H36N.Pd/c1-5-9-13-17(14-10-6-2,15-11-7-3)16-12-8-4;/h5-16H2,1-4H3;/q+1;+2. The molecule has 0 aliphatic heterocycles. The molecular formula is C16H36NPd+3. The van der Waals surface area contributed by atoms with Crippen LogP contribution in [-0.2, 0) is 20.4 Å². The molecule has 0 aromatic heterocycles. The molecule has 0 N–H and O–H groups in total. The van der Waals surface area contributed by atoms with Crippen molar-refractivity contribution in [1.29, 1.82) is 0 Å². The van der Waals surface area contributed by atoms with Crippen LogP contribution in [0.3, 0.4) is 0 Å². The van der Waals surface area contributed by atoms with Crippen LogP contribution in [0.4, 0.5) is 0 Å². The first kappa shape index (κ1) is 20.9. The Labute approximate surface area is 130 Å². The van der Waals surface area contributed by atoms with E-state index in [0.29, 0.717) is 0 Å². The van der Waals surface area contributed by atoms with Gasteiger partial charge < -0.3 is 4.48 Å². The van der Waals surface area contributed by atoms with E-state index in [4.69, 9.17) is 0 Å². The van der Waals surface area contributed by atoms with Gasteiger partial charge in [0.15, 0.2) is 0 Å². The van der Waals surface area contributed by atoms with Gasteiger partial charge in [-0.1, -0.05) is 53.4 Å². The first-order valence-corrected chi connectivity index (χ1v) is 8.09. The fourth-order valence-corrected chi connectivity index (χ4v) is 2.64. The van der Waals surface area contributed by atoms with Gasteiger partial charge in [-0.2, -0.15) is 0 Å². The van der Waals surface area contributed by atoms with E-state index in [9.17, 15) is 0 Å². The van der Waals surface area contributed by atoms with Crippen LogP contribution in [0.15, 0.2) is 0 Å². The van der Waals surface area contributed by atoms with Gasteiger partial charge in [-0.3, -0.25) is 0 Å². The van der Waals surface area contributed by atoms with Gasteiger partial charge in [0, 0.05) is 0 Å². The third kappa shape index (κ3) is 9.54. The van der Waals surface area contributed by atoms with Gasteiger partial charge in [0.05, 0.1) is 26.2 Å². The Balaban J connectivity index is 0. The van der Waals surface area contributed by atoms with Gasteiger partial charge in [-0.15, -0.1) is 0 Å². The molecule has 0 aliphatic rings. The van der Waals surface area contributed by atoms with Gasteiger partial charge in [-0.05, 0) is 25.7 Å². The van der Waals surface area contributed by atoms with Gasteiger partial charge in [0.25, 0.3) is 0 Å². The Kier molecular flexibility index (Phi) is 16.3. The van der Waals surface area contributed by atoms with Gasteiger partial charge in [0.1, 0.15) is 0 Å². The van der Waals surface area contributed by atoms with Crippen molar-refractivity contribution in [2.45, 2.75) is 79.1 Å². The first-order chi connectivity index (χ1) is 8.24. The fraction of sp³-hybridized carbons (Fsp3) is 1.00. The quantitative estimate of drug-likeness (QED) is 0.344. The molecular weight excluding hydrogens is 313 g/mol. The van der Waals surface area contributed by atoms with Crippen molar-refractivity contribution in [3.8, 4) is 0 Å². The van der Waals surface area contributed by atoms with Crippen molar-refractivity contribution < 1.29 is 24.9 Å². The second-order valence-electron chi connectivity index (χ2n) is 5.65. The minimum Gasteiger partial charge on any atom is -0.324 e. The molecule has 1 nitrogen and oxygen atoms in total. The van der Waals surface area contributed by atoms with Crippen molar-refractivity contribution >= 4 is 0 Å². The molecule has 0 saturated carbocycles. The summed E-state index contributed by atoms with van der Waals surface area (Å²) in [4.78, 5) is 0. The molecule has 0 aliphatic carbocycles. The molecule has 18 heavy (non-hydrogen) atoms. The van der Waals surface area contributed by atoms with Gasteiger partial charge in [0.2, 0.25) is 0 Å². The van der Waals surface area contributed by atoms with Crippen LogP contribution in [-0.4, -0.2) is 30.7 Å². The summed E-state index contributed by atoms with van der Waals surface area (Å²) < 4.78 is 1.42. The average Bonchev–Trinajstić information content (AvgIpc) is 2.37. The third-order valence-corrected chi connectivity index (χ3v) is 3.94. The summed E-state index contributed by atoms with van der Waals surface area (Å²) in [5.74, 6) is 0. The van der Waals surface area contributed by atoms with E-state index < -0.39 is 0 Å². The van der Waals surface area contributed by atoms with E-state index in [0.717, 1.165) is 0 Å². The zero-order chi connectivity index (χ0) is 13.0. The van der Waals surface area contributed by atoms with Crippen molar-refractivity contribution in [3.63, 3.8) is 0 Å². The summed E-state index contributed by atoms with van der Waals surface area (Å²) >= 11 is 0. The second kappa shape index (κ2) is 14.0. The maximum Gasteiger partial charge on any atom is 2.00 e. The van der Waals surface area contributed by atoms with Crippen LogP contribution in [0, 0.1) is 0 Å². The van der Waals surface area contributed by atoms with Gasteiger partial charge in [-0.25, -0.2) is 0 Å². The largest absolute Gasteiger partial charge is 2.00 e. The Morgan fingerprint density at radius 1 is 0.500 bits per heavy atom. The molecule has 0 spiro atoms. The molecule has 2 heteroatoms. The average molecular weight is 349 g/mol. The number of nitrogens with zero attached hydrogens (tertiary/aromatic N) is 1. The number of quaternary nitrogens is 1. The molecule has 0 unspecified atom stereocenters. The molecule has 0 radical (unpaired) electrons. The molecule has 0 rings (SSSR count). The van der Waals surface area contributed by atoms with Crippen molar-refractivity contribution in [2.75, 3.05) is 26.2 Å². The number of rotatable bonds is 12. The zero-order valence-electron chi connectivity index (χ0n) is 13.2. The van der Waals surface area contributed by atoms with Gasteiger partial charge >= 0.3 is 20.4 Å². The van der Waals surface area contributed by atoms with Crippen LogP contribution < -0.4 is 0 Å². The molecule has 0 atom stereocenters. The first-order valence-electron chi connectivity index (χ1n) is 8.09. The molecule has 0 fully saturated rings. The maximum atomic E-state index is 2.33. The van der Waals surface area contributed by atoms with E-state index in [1.807, 2.05) is 0 Å². The van der Waals surface area contributed by atoms with Crippen LogP contribution in [0.2, 0.25) is 0 Å². The SMILES string of the molecule is CCCC[N+](CCCC)(CCCC)CCCC.[Pd+2]. The zero-order valence-corrected chi connectivity index (χ0v) is 14.8. The molecule has 0 saturated heterocycles. The van der Waals surface area contributed by atoms with E-state index in [2.05, 4.69) is 27.7 Å². The summed E-state index contributed by atoms with van der Waals surface area (Å²) in [5, 5.41) is 0. The summed E-state index contributed by atoms with van der Waals surface area (Å²) in [6.45, 7) is 15.0. The smallest absolute Gasteiger partial charge is 0.324 e. The number of hydrogen-bond donors (Lipinski definition) is 0. The van der Waals surface area contributed by atoms with E-state index in [1.165, 1.54) is 82.0 Å². The molecule has 0 aromatic carbocycles. The maximum absolute atomic E-state index is 2.33. The Morgan fingerprint density at radius 2 is 0.722 bits per heavy atom. The van der Waals surface area contributed by atoms with Crippen LogP contribution >= 0.6 is 0 Å². The van der Waals surface area contributed by atoms with Crippen LogP contribution in [0.1, 0.15) is 79.1 Å². The molecule has 0 aromatic rings. The normalized spacial score (nSPS) is 11.3. The summed E-state index contributed by atoms with van der Waals surface area (Å²) in [7, 11) is 0. The van der Waals surface area contributed by atoms with E-state index in [1.54, 1.807) is 0 Å². The summed E-state index contributed by atoms with van der Waals surface area (Å²) in [6.07, 6.45) is 11.1. The number of hydrogen-bond acceptors (Lipinski definition) is 0. The van der Waals surface area contributed by atoms with E-state index in [-0.39, 0.29) is 20.4 Å². The van der Waals surface area contributed by atoms with Crippen molar-refractivity contribution in [1.82, 2.24) is 0 Å². The second-order valence-corrected chi connectivity index (χ2v) is 5.65. The molecule has 0 amide bonds. The summed E-state index contributed by atoms with van der Waals surface area (Å²) in [6, 6.07) is 0.